The molecule has 2 saturated heterocycles. The number of aliphatic hydroxyl groups is 4. The molecule has 0 aromatic carbocycles. The second-order valence-corrected chi connectivity index (χ2v) is 22.5. The van der Waals surface area contributed by atoms with E-state index in [4.69, 9.17) is 10.5 Å². The van der Waals surface area contributed by atoms with E-state index in [9.17, 15) is 25.2 Å². The smallest absolute Gasteiger partial charge is 0.159 e. The van der Waals surface area contributed by atoms with Gasteiger partial charge in [-0.2, -0.15) is 0 Å². The maximum atomic E-state index is 14.5. The Balaban J connectivity index is 1.10. The van der Waals surface area contributed by atoms with Gasteiger partial charge in [0, 0.05) is 11.3 Å². The summed E-state index contributed by atoms with van der Waals surface area (Å²) in [7, 11) is 0. The quantitative estimate of drug-likeness (QED) is 0.127. The van der Waals surface area contributed by atoms with Crippen LogP contribution in [0.1, 0.15) is 170 Å². The van der Waals surface area contributed by atoms with E-state index in [2.05, 4.69) is 33.0 Å². The molecule has 7 N–H and O–H groups in total. The van der Waals surface area contributed by atoms with Gasteiger partial charge in [0.2, 0.25) is 0 Å². The molecule has 0 aromatic heterocycles. The molecular formula is C47H78N2O6. The first kappa shape index (κ1) is 40.9. The minimum Gasteiger partial charge on any atom is -0.393 e. The number of hydrogen-bond acceptors (Lipinski definition) is 8. The van der Waals surface area contributed by atoms with Crippen LogP contribution in [0.2, 0.25) is 0 Å². The monoisotopic (exact) mass is 767 g/mol. The van der Waals surface area contributed by atoms with Gasteiger partial charge < -0.3 is 36.2 Å². The maximum absolute atomic E-state index is 14.5. The molecular weight excluding hydrogens is 689 g/mol. The molecule has 2 heterocycles. The lowest BCUT2D eigenvalue weighted by Crippen LogP contribution is -2.67. The van der Waals surface area contributed by atoms with Crippen LogP contribution in [0.15, 0.2) is 11.6 Å². The Bertz CT molecular complexity index is 1480. The van der Waals surface area contributed by atoms with Crippen molar-refractivity contribution in [2.24, 2.45) is 62.9 Å². The van der Waals surface area contributed by atoms with Crippen LogP contribution in [0.3, 0.4) is 0 Å². The normalized spacial score (nSPS) is 46.6. The summed E-state index contributed by atoms with van der Waals surface area (Å²) in [5.74, 6) is 1.26. The fraction of sp³-hybridized carbons (Fsp3) is 0.936. The molecule has 0 bridgehead atoms. The van der Waals surface area contributed by atoms with E-state index in [0.717, 1.165) is 88.7 Å². The first-order valence-corrected chi connectivity index (χ1v) is 23.1. The highest BCUT2D eigenvalue weighted by Crippen LogP contribution is 2.75. The summed E-state index contributed by atoms with van der Waals surface area (Å²) >= 11 is 0. The minimum atomic E-state index is -1.28. The average molecular weight is 767 g/mol. The van der Waals surface area contributed by atoms with Gasteiger partial charge in [-0.3, -0.25) is 4.79 Å². The van der Waals surface area contributed by atoms with E-state index in [1.54, 1.807) is 0 Å². The lowest BCUT2D eigenvalue weighted by Gasteiger charge is -2.67. The van der Waals surface area contributed by atoms with Crippen molar-refractivity contribution in [3.8, 4) is 0 Å². The molecule has 14 atom stereocenters. The number of nitrogens with two attached hydrogens (primary N) is 1. The van der Waals surface area contributed by atoms with Crippen molar-refractivity contribution < 1.29 is 30.0 Å². The number of nitrogens with one attached hydrogen (secondary N) is 1. The standard InChI is InChI=1S/C47H78N2O6/c1-41(2,21-16-30-18-23-49-37(48)24-30)45(6,53)40-39(55-40)44(5,52)36-17-22-47(54)34-26-35(51)33-25-32(50)28-46(19-10-11-20-46)43(33,4)38(34)31(27-42(36,47)3)15-14-29-12-8-7-9-13-29/h26,29-33,36-40,49-50,52-54H,7-25,27-28,48H2,1-6H3. The van der Waals surface area contributed by atoms with E-state index < -0.39 is 45.9 Å². The van der Waals surface area contributed by atoms with Gasteiger partial charge in [0.1, 0.15) is 12.2 Å². The number of piperidine rings is 1. The number of fused-ring (bicyclic) bond motifs is 6. The third kappa shape index (κ3) is 6.33. The van der Waals surface area contributed by atoms with Crippen LogP contribution in [0.5, 0.6) is 0 Å². The van der Waals surface area contributed by atoms with Gasteiger partial charge in [0.25, 0.3) is 0 Å². The zero-order valence-electron chi connectivity index (χ0n) is 35.4. The topological polar surface area (TPSA) is 149 Å². The number of allylic oxidation sites excluding steroid dienone is 1. The van der Waals surface area contributed by atoms with Crippen molar-refractivity contribution in [3.05, 3.63) is 11.6 Å². The highest BCUT2D eigenvalue weighted by atomic mass is 16.6. The largest absolute Gasteiger partial charge is 0.393 e. The molecule has 0 radical (unpaired) electrons. The molecule has 312 valence electrons. The van der Waals surface area contributed by atoms with Gasteiger partial charge in [-0.25, -0.2) is 0 Å². The van der Waals surface area contributed by atoms with Crippen molar-refractivity contribution in [2.75, 3.05) is 6.54 Å². The number of aliphatic hydroxyl groups excluding tert-OH is 1. The molecule has 8 heteroatoms. The number of hydrogen-bond donors (Lipinski definition) is 6. The zero-order valence-corrected chi connectivity index (χ0v) is 35.4. The molecule has 8 rings (SSSR count). The van der Waals surface area contributed by atoms with Crippen LogP contribution in [0.4, 0.5) is 0 Å². The third-order valence-corrected chi connectivity index (χ3v) is 19.4. The Kier molecular flexibility index (Phi) is 10.5. The van der Waals surface area contributed by atoms with Gasteiger partial charge in [-0.1, -0.05) is 79.1 Å². The van der Waals surface area contributed by atoms with E-state index in [1.165, 1.54) is 38.5 Å². The Morgan fingerprint density at radius 2 is 1.58 bits per heavy atom. The molecule has 1 spiro atoms. The molecule has 0 aromatic rings. The summed E-state index contributed by atoms with van der Waals surface area (Å²) in [6.45, 7) is 13.7. The van der Waals surface area contributed by atoms with E-state index in [1.807, 2.05) is 19.9 Å². The summed E-state index contributed by atoms with van der Waals surface area (Å²) in [5.41, 5.74) is 2.01. The Morgan fingerprint density at radius 3 is 2.27 bits per heavy atom. The molecule has 8 nitrogen and oxygen atoms in total. The van der Waals surface area contributed by atoms with E-state index in [-0.39, 0.29) is 46.5 Å². The van der Waals surface area contributed by atoms with Crippen molar-refractivity contribution >= 4 is 5.78 Å². The third-order valence-electron chi connectivity index (χ3n) is 19.4. The van der Waals surface area contributed by atoms with Gasteiger partial charge in [0.15, 0.2) is 5.78 Å². The van der Waals surface area contributed by atoms with E-state index in [0.29, 0.717) is 25.2 Å². The van der Waals surface area contributed by atoms with Crippen LogP contribution in [0.25, 0.3) is 0 Å². The molecule has 55 heavy (non-hydrogen) atoms. The van der Waals surface area contributed by atoms with E-state index >= 15 is 0 Å². The van der Waals surface area contributed by atoms with Crippen LogP contribution in [-0.4, -0.2) is 74.0 Å². The predicted molar refractivity (Wildman–Crippen MR) is 216 cm³/mol. The van der Waals surface area contributed by atoms with Crippen molar-refractivity contribution in [3.63, 3.8) is 0 Å². The number of epoxide rings is 1. The van der Waals surface area contributed by atoms with Crippen LogP contribution in [0, 0.1) is 57.2 Å². The van der Waals surface area contributed by atoms with Gasteiger partial charge in [-0.15, -0.1) is 0 Å². The second-order valence-electron chi connectivity index (χ2n) is 22.5. The van der Waals surface area contributed by atoms with Crippen molar-refractivity contribution in [1.82, 2.24) is 5.32 Å². The second kappa shape index (κ2) is 14.1. The highest BCUT2D eigenvalue weighted by molar-refractivity contribution is 5.95. The summed E-state index contributed by atoms with van der Waals surface area (Å²) in [4.78, 5) is 14.5. The summed E-state index contributed by atoms with van der Waals surface area (Å²) in [5, 5.41) is 53.2. The molecule has 2 aliphatic heterocycles. The van der Waals surface area contributed by atoms with Crippen LogP contribution >= 0.6 is 0 Å². The lowest BCUT2D eigenvalue weighted by molar-refractivity contribution is -0.193. The van der Waals surface area contributed by atoms with Crippen LogP contribution < -0.4 is 11.1 Å². The molecule has 14 unspecified atom stereocenters. The molecule has 6 aliphatic carbocycles. The first-order chi connectivity index (χ1) is 25.8. The lowest BCUT2D eigenvalue weighted by atomic mass is 9.37. The Hall–Kier alpha value is -0.870. The molecule has 5 saturated carbocycles. The van der Waals surface area contributed by atoms with Crippen molar-refractivity contribution in [1.29, 1.82) is 0 Å². The van der Waals surface area contributed by atoms with Gasteiger partial charge >= 0.3 is 0 Å². The number of carbonyl (C=O) groups is 1. The molecule has 8 aliphatic rings. The minimum absolute atomic E-state index is 0.0353. The Labute approximate surface area is 332 Å². The zero-order chi connectivity index (χ0) is 39.4. The number of carbonyl (C=O) groups excluding carboxylic acids is 1. The fourth-order valence-electron chi connectivity index (χ4n) is 15.7. The highest BCUT2D eigenvalue weighted by Gasteiger charge is 2.75. The number of ketones is 1. The van der Waals surface area contributed by atoms with Gasteiger partial charge in [0.05, 0.1) is 29.1 Å². The fourth-order valence-corrected chi connectivity index (χ4v) is 15.7. The summed E-state index contributed by atoms with van der Waals surface area (Å²) in [6, 6.07) is 0. The van der Waals surface area contributed by atoms with Crippen molar-refractivity contribution in [2.45, 2.75) is 211 Å². The predicted octanol–water partition coefficient (Wildman–Crippen LogP) is 7.34. The summed E-state index contributed by atoms with van der Waals surface area (Å²) < 4.78 is 6.45. The molecule has 0 amide bonds. The SMILES string of the molecule is CC(O)(C1OC1C(C)(O)C(C)(C)CCC1CCNC(N)C1)C1CCC2(O)C3=CC(=O)C4CC(O)CC5(CCCC5)C4(C)C3C(CCC3CCCCC3)CC12C. The average Bonchev–Trinajstić information content (AvgIpc) is 3.75. The summed E-state index contributed by atoms with van der Waals surface area (Å²) in [6.07, 6.45) is 20.8. The molecule has 7 fully saturated rings. The number of ether oxygens (including phenoxy) is 1. The Morgan fingerprint density at radius 1 is 0.873 bits per heavy atom. The van der Waals surface area contributed by atoms with Gasteiger partial charge in [-0.05, 0) is 155 Å². The number of rotatable bonds is 10. The maximum Gasteiger partial charge on any atom is 0.159 e. The van der Waals surface area contributed by atoms with Crippen LogP contribution in [-0.2, 0) is 9.53 Å². The first-order valence-electron chi connectivity index (χ1n) is 23.1.